The number of carbonyl (C=O) groups excluding carboxylic acids is 1. The van der Waals surface area contributed by atoms with Gasteiger partial charge in [-0.3, -0.25) is 8.98 Å². The Morgan fingerprint density at radius 1 is 0.826 bits per heavy atom. The highest BCUT2D eigenvalue weighted by Gasteiger charge is 2.15. The van der Waals surface area contributed by atoms with Gasteiger partial charge in [0, 0.05) is 0 Å². The number of ether oxygens (including phenoxy) is 4. The van der Waals surface area contributed by atoms with Crippen molar-refractivity contribution in [2.24, 2.45) is 0 Å². The summed E-state index contributed by atoms with van der Waals surface area (Å²) in [6.45, 7) is 7.38. The molecule has 0 spiro atoms. The topological polar surface area (TPSA) is 97.4 Å². The Morgan fingerprint density at radius 3 is 1.70 bits per heavy atom. The molecule has 0 unspecified atom stereocenters. The van der Waals surface area contributed by atoms with E-state index in [1.165, 1.54) is 0 Å². The fourth-order valence-corrected chi connectivity index (χ4v) is 1.71. The van der Waals surface area contributed by atoms with Gasteiger partial charge in [0.05, 0.1) is 58.9 Å². The summed E-state index contributed by atoms with van der Waals surface area (Å²) in [7, 11) is -3.41. The van der Waals surface area contributed by atoms with Crippen LogP contribution in [0.1, 0.15) is 27.2 Å². The van der Waals surface area contributed by atoms with Crippen molar-refractivity contribution in [1.82, 2.24) is 0 Å². The van der Waals surface area contributed by atoms with E-state index in [0.717, 1.165) is 6.26 Å². The molecule has 0 rings (SSSR count). The van der Waals surface area contributed by atoms with E-state index in [-0.39, 0.29) is 32.2 Å². The van der Waals surface area contributed by atoms with E-state index in [1.54, 1.807) is 0 Å². The van der Waals surface area contributed by atoms with Crippen molar-refractivity contribution in [3.8, 4) is 0 Å². The molecule has 0 bridgehead atoms. The third kappa shape index (κ3) is 19.2. The molecule has 0 saturated carbocycles. The molecule has 0 atom stereocenters. The van der Waals surface area contributed by atoms with Crippen molar-refractivity contribution >= 4 is 16.1 Å². The molecule has 23 heavy (non-hydrogen) atoms. The van der Waals surface area contributed by atoms with Crippen molar-refractivity contribution in [3.63, 3.8) is 0 Å². The van der Waals surface area contributed by atoms with Gasteiger partial charge >= 0.3 is 5.97 Å². The largest absolute Gasteiger partial charge is 0.460 e. The van der Waals surface area contributed by atoms with Crippen molar-refractivity contribution < 1.29 is 36.3 Å². The van der Waals surface area contributed by atoms with Gasteiger partial charge in [-0.1, -0.05) is 0 Å². The fourth-order valence-electron chi connectivity index (χ4n) is 1.33. The van der Waals surface area contributed by atoms with Crippen LogP contribution in [0.15, 0.2) is 0 Å². The standard InChI is InChI=1S/C14H28O8S/c1-14(2,3)22-13(15)5-6-18-7-8-19-9-10-20-11-12-21-23(4,16)17/h5-12H2,1-4H3. The lowest BCUT2D eigenvalue weighted by atomic mass is 10.2. The lowest BCUT2D eigenvalue weighted by Crippen LogP contribution is -2.24. The molecule has 0 N–H and O–H groups in total. The summed E-state index contributed by atoms with van der Waals surface area (Å²) in [4.78, 5) is 11.4. The van der Waals surface area contributed by atoms with Gasteiger partial charge in [0.15, 0.2) is 0 Å². The number of esters is 1. The first kappa shape index (κ1) is 22.3. The van der Waals surface area contributed by atoms with Crippen LogP contribution in [0.5, 0.6) is 0 Å². The highest BCUT2D eigenvalue weighted by Crippen LogP contribution is 2.07. The smallest absolute Gasteiger partial charge is 0.308 e. The van der Waals surface area contributed by atoms with E-state index in [0.29, 0.717) is 26.4 Å². The molecule has 0 heterocycles. The van der Waals surface area contributed by atoms with Crippen LogP contribution in [0.2, 0.25) is 0 Å². The monoisotopic (exact) mass is 356 g/mol. The number of hydrogen-bond donors (Lipinski definition) is 0. The first-order chi connectivity index (χ1) is 10.6. The van der Waals surface area contributed by atoms with E-state index >= 15 is 0 Å². The maximum atomic E-state index is 11.4. The number of rotatable bonds is 13. The zero-order chi connectivity index (χ0) is 17.8. The van der Waals surface area contributed by atoms with Gasteiger partial charge in [-0.25, -0.2) is 0 Å². The molecular weight excluding hydrogens is 328 g/mol. The molecule has 0 aliphatic rings. The van der Waals surface area contributed by atoms with Crippen LogP contribution in [0, 0.1) is 0 Å². The zero-order valence-corrected chi connectivity index (χ0v) is 15.1. The van der Waals surface area contributed by atoms with Crippen LogP contribution in [-0.2, 0) is 38.0 Å². The van der Waals surface area contributed by atoms with Crippen LogP contribution in [0.25, 0.3) is 0 Å². The first-order valence-corrected chi connectivity index (χ1v) is 9.21. The zero-order valence-electron chi connectivity index (χ0n) is 14.3. The van der Waals surface area contributed by atoms with Crippen molar-refractivity contribution in [3.05, 3.63) is 0 Å². The molecule has 138 valence electrons. The number of hydrogen-bond acceptors (Lipinski definition) is 8. The molecule has 0 aromatic carbocycles. The van der Waals surface area contributed by atoms with Crippen LogP contribution in [-0.4, -0.2) is 72.5 Å². The molecule has 0 aromatic rings. The second-order valence-corrected chi connectivity index (χ2v) is 7.34. The molecular formula is C14H28O8S. The van der Waals surface area contributed by atoms with Gasteiger partial charge in [-0.15, -0.1) is 0 Å². The summed E-state index contributed by atoms with van der Waals surface area (Å²) in [6.07, 6.45) is 1.19. The third-order valence-electron chi connectivity index (χ3n) is 2.14. The first-order valence-electron chi connectivity index (χ1n) is 7.39. The van der Waals surface area contributed by atoms with Gasteiger partial charge in [-0.2, -0.15) is 8.42 Å². The average Bonchev–Trinajstić information content (AvgIpc) is 2.36. The van der Waals surface area contributed by atoms with Crippen LogP contribution < -0.4 is 0 Å². The predicted molar refractivity (Wildman–Crippen MR) is 83.7 cm³/mol. The molecule has 0 saturated heterocycles. The molecule has 0 aliphatic carbocycles. The summed E-state index contributed by atoms with van der Waals surface area (Å²) >= 11 is 0. The summed E-state index contributed by atoms with van der Waals surface area (Å²) in [5, 5.41) is 0. The Labute approximate surface area is 138 Å². The Morgan fingerprint density at radius 2 is 1.26 bits per heavy atom. The minimum atomic E-state index is -3.41. The van der Waals surface area contributed by atoms with E-state index in [4.69, 9.17) is 18.9 Å². The normalized spacial score (nSPS) is 12.3. The highest BCUT2D eigenvalue weighted by atomic mass is 32.2. The highest BCUT2D eigenvalue weighted by molar-refractivity contribution is 7.85. The quantitative estimate of drug-likeness (QED) is 0.271. The summed E-state index contributed by atoms with van der Waals surface area (Å²) in [5.41, 5.74) is -0.480. The van der Waals surface area contributed by atoms with Crippen molar-refractivity contribution in [2.75, 3.05) is 52.5 Å². The minimum absolute atomic E-state index is 0.00733. The SMILES string of the molecule is CC(C)(C)OC(=O)CCOCCOCCOCCOS(C)(=O)=O. The van der Waals surface area contributed by atoms with E-state index in [9.17, 15) is 13.2 Å². The molecule has 8 nitrogen and oxygen atoms in total. The van der Waals surface area contributed by atoms with E-state index < -0.39 is 15.7 Å². The van der Waals surface area contributed by atoms with Crippen LogP contribution in [0.4, 0.5) is 0 Å². The molecule has 0 amide bonds. The average molecular weight is 356 g/mol. The summed E-state index contributed by atoms with van der Waals surface area (Å²) in [6, 6.07) is 0. The maximum Gasteiger partial charge on any atom is 0.308 e. The second kappa shape index (κ2) is 11.7. The maximum absolute atomic E-state index is 11.4. The lowest BCUT2D eigenvalue weighted by Gasteiger charge is -2.19. The van der Waals surface area contributed by atoms with Crippen molar-refractivity contribution in [2.45, 2.75) is 32.8 Å². The summed E-state index contributed by atoms with van der Waals surface area (Å²) < 4.78 is 46.6. The van der Waals surface area contributed by atoms with Gasteiger partial charge in [0.25, 0.3) is 10.1 Å². The predicted octanol–water partition coefficient (Wildman–Crippen LogP) is 0.744. The minimum Gasteiger partial charge on any atom is -0.460 e. The van der Waals surface area contributed by atoms with Crippen LogP contribution >= 0.6 is 0 Å². The second-order valence-electron chi connectivity index (χ2n) is 5.70. The molecule has 0 aliphatic heterocycles. The van der Waals surface area contributed by atoms with Crippen LogP contribution in [0.3, 0.4) is 0 Å². The third-order valence-corrected chi connectivity index (χ3v) is 2.73. The number of carbonyl (C=O) groups is 1. The molecule has 0 fully saturated rings. The van der Waals surface area contributed by atoms with Crippen molar-refractivity contribution in [1.29, 1.82) is 0 Å². The van der Waals surface area contributed by atoms with Gasteiger partial charge in [-0.05, 0) is 20.8 Å². The Hall–Kier alpha value is -0.740. The Balaban J connectivity index is 3.27. The summed E-state index contributed by atoms with van der Waals surface area (Å²) in [5.74, 6) is -0.289. The van der Waals surface area contributed by atoms with Gasteiger partial charge in [0.1, 0.15) is 5.60 Å². The molecule has 9 heteroatoms. The van der Waals surface area contributed by atoms with Gasteiger partial charge in [0.2, 0.25) is 0 Å². The lowest BCUT2D eigenvalue weighted by molar-refractivity contribution is -0.156. The molecule has 0 aromatic heterocycles. The molecule has 0 radical (unpaired) electrons. The van der Waals surface area contributed by atoms with E-state index in [2.05, 4.69) is 4.18 Å². The van der Waals surface area contributed by atoms with E-state index in [1.807, 2.05) is 20.8 Å². The Bertz CT molecular complexity index is 413. The fraction of sp³-hybridized carbons (Fsp3) is 0.929. The van der Waals surface area contributed by atoms with Gasteiger partial charge < -0.3 is 18.9 Å². The Kier molecular flexibility index (Phi) is 11.4.